The lowest BCUT2D eigenvalue weighted by Gasteiger charge is -2.16. The zero-order valence-corrected chi connectivity index (χ0v) is 12.3. The van der Waals surface area contributed by atoms with Crippen LogP contribution in [-0.4, -0.2) is 29.8 Å². The van der Waals surface area contributed by atoms with Crippen molar-refractivity contribution in [1.82, 2.24) is 4.90 Å². The lowest BCUT2D eigenvalue weighted by molar-refractivity contribution is -0.132. The average molecular weight is 264 g/mol. The molecule has 0 aromatic rings. The zero-order chi connectivity index (χ0) is 14.4. The van der Waals surface area contributed by atoms with Gasteiger partial charge in [0, 0.05) is 13.1 Å². The van der Waals surface area contributed by atoms with E-state index in [1.54, 1.807) is 0 Å². The average Bonchev–Trinajstić information content (AvgIpc) is 2.67. The van der Waals surface area contributed by atoms with Crippen LogP contribution in [0, 0.1) is 23.2 Å². The number of hydrogen-bond donors (Lipinski definition) is 1. The van der Waals surface area contributed by atoms with Gasteiger partial charge in [0.25, 0.3) is 0 Å². The molecule has 2 amide bonds. The largest absolute Gasteiger partial charge is 0.369 e. The maximum Gasteiger partial charge on any atom is 0.226 e. The molecule has 0 unspecified atom stereocenters. The Kier molecular flexibility index (Phi) is 3.45. The number of primary amides is 1. The van der Waals surface area contributed by atoms with Gasteiger partial charge in [-0.25, -0.2) is 0 Å². The van der Waals surface area contributed by atoms with Crippen molar-refractivity contribution in [2.45, 2.75) is 34.1 Å². The van der Waals surface area contributed by atoms with Crippen LogP contribution in [0.25, 0.3) is 0 Å². The van der Waals surface area contributed by atoms with E-state index in [0.717, 1.165) is 0 Å². The van der Waals surface area contributed by atoms with Crippen molar-refractivity contribution in [3.8, 4) is 0 Å². The summed E-state index contributed by atoms with van der Waals surface area (Å²) >= 11 is 0. The Morgan fingerprint density at radius 1 is 1.32 bits per heavy atom. The standard InChI is InChI=1S/C15H24N2O2/c1-9(2)7-11-12(15(11,3)4)14(19)17-6-5-10(8-17)13(16)18/h7,10-12H,5-6,8H2,1-4H3,(H2,16,18)/t10-,11-,12-/m1/s1. The van der Waals surface area contributed by atoms with E-state index >= 15 is 0 Å². The predicted molar refractivity (Wildman–Crippen MR) is 74.1 cm³/mol. The number of likely N-dealkylation sites (tertiary alicyclic amines) is 1. The second-order valence-electron chi connectivity index (χ2n) is 6.74. The number of carbonyl (C=O) groups excluding carboxylic acids is 2. The van der Waals surface area contributed by atoms with Gasteiger partial charge in [-0.2, -0.15) is 0 Å². The van der Waals surface area contributed by atoms with Crippen LogP contribution in [0.4, 0.5) is 0 Å². The van der Waals surface area contributed by atoms with E-state index in [0.29, 0.717) is 25.4 Å². The molecule has 2 fully saturated rings. The lowest BCUT2D eigenvalue weighted by Crippen LogP contribution is -2.33. The molecule has 0 aromatic heterocycles. The third-order valence-electron chi connectivity index (χ3n) is 4.59. The van der Waals surface area contributed by atoms with Crippen molar-refractivity contribution < 1.29 is 9.59 Å². The Morgan fingerprint density at radius 2 is 1.95 bits per heavy atom. The molecule has 1 heterocycles. The SMILES string of the molecule is CC(C)=C[C@@H]1[C@H](C(=O)N2CC[C@@H](C(N)=O)C2)C1(C)C. The smallest absolute Gasteiger partial charge is 0.226 e. The van der Waals surface area contributed by atoms with Gasteiger partial charge in [-0.3, -0.25) is 9.59 Å². The first-order chi connectivity index (χ1) is 8.75. The van der Waals surface area contributed by atoms with Gasteiger partial charge >= 0.3 is 0 Å². The summed E-state index contributed by atoms with van der Waals surface area (Å²) in [6, 6.07) is 0. The summed E-state index contributed by atoms with van der Waals surface area (Å²) in [6.07, 6.45) is 2.91. The molecule has 1 saturated heterocycles. The first-order valence-corrected chi connectivity index (χ1v) is 6.98. The molecule has 0 spiro atoms. The van der Waals surface area contributed by atoms with E-state index in [1.807, 2.05) is 4.90 Å². The van der Waals surface area contributed by atoms with Crippen molar-refractivity contribution in [1.29, 1.82) is 0 Å². The highest BCUT2D eigenvalue weighted by Gasteiger charge is 2.61. The van der Waals surface area contributed by atoms with E-state index in [9.17, 15) is 9.59 Å². The molecule has 106 valence electrons. The minimum Gasteiger partial charge on any atom is -0.369 e. The molecular weight excluding hydrogens is 240 g/mol. The Hall–Kier alpha value is -1.32. The van der Waals surface area contributed by atoms with Crippen molar-refractivity contribution in [3.05, 3.63) is 11.6 Å². The topological polar surface area (TPSA) is 63.4 Å². The first-order valence-electron chi connectivity index (χ1n) is 6.98. The molecule has 1 aliphatic heterocycles. The fraction of sp³-hybridized carbons (Fsp3) is 0.733. The molecule has 0 radical (unpaired) electrons. The minimum absolute atomic E-state index is 0.0408. The Bertz CT molecular complexity index is 435. The van der Waals surface area contributed by atoms with Gasteiger partial charge < -0.3 is 10.6 Å². The van der Waals surface area contributed by atoms with Gasteiger partial charge in [0.15, 0.2) is 0 Å². The van der Waals surface area contributed by atoms with Gasteiger partial charge in [-0.05, 0) is 31.6 Å². The summed E-state index contributed by atoms with van der Waals surface area (Å²) in [4.78, 5) is 25.5. The molecule has 2 N–H and O–H groups in total. The fourth-order valence-corrected chi connectivity index (χ4v) is 3.21. The highest BCUT2D eigenvalue weighted by molar-refractivity contribution is 5.85. The van der Waals surface area contributed by atoms with Crippen LogP contribution in [0.2, 0.25) is 0 Å². The monoisotopic (exact) mass is 264 g/mol. The van der Waals surface area contributed by atoms with Crippen LogP contribution in [0.5, 0.6) is 0 Å². The molecule has 1 saturated carbocycles. The minimum atomic E-state index is -0.286. The van der Waals surface area contributed by atoms with E-state index in [1.165, 1.54) is 5.57 Å². The van der Waals surface area contributed by atoms with Crippen LogP contribution >= 0.6 is 0 Å². The summed E-state index contributed by atoms with van der Waals surface area (Å²) in [7, 11) is 0. The second-order valence-corrected chi connectivity index (χ2v) is 6.74. The van der Waals surface area contributed by atoms with Crippen LogP contribution in [-0.2, 0) is 9.59 Å². The van der Waals surface area contributed by atoms with Crippen molar-refractivity contribution in [2.24, 2.45) is 28.9 Å². The zero-order valence-electron chi connectivity index (χ0n) is 12.3. The van der Waals surface area contributed by atoms with Crippen LogP contribution in [0.3, 0.4) is 0 Å². The molecule has 4 heteroatoms. The summed E-state index contributed by atoms with van der Waals surface area (Å²) in [5.74, 6) is 0.141. The van der Waals surface area contributed by atoms with Crippen molar-refractivity contribution in [3.63, 3.8) is 0 Å². The summed E-state index contributed by atoms with van der Waals surface area (Å²) in [5, 5.41) is 0. The number of nitrogens with two attached hydrogens (primary N) is 1. The summed E-state index contributed by atoms with van der Waals surface area (Å²) in [6.45, 7) is 9.58. The summed E-state index contributed by atoms with van der Waals surface area (Å²) in [5.41, 5.74) is 6.61. The molecule has 4 nitrogen and oxygen atoms in total. The third kappa shape index (κ3) is 2.53. The molecule has 3 atom stereocenters. The number of rotatable bonds is 3. The third-order valence-corrected chi connectivity index (χ3v) is 4.59. The van der Waals surface area contributed by atoms with E-state index in [-0.39, 0.29) is 29.1 Å². The maximum atomic E-state index is 12.5. The lowest BCUT2D eigenvalue weighted by atomic mass is 10.1. The number of hydrogen-bond acceptors (Lipinski definition) is 2. The number of carbonyl (C=O) groups is 2. The molecule has 19 heavy (non-hydrogen) atoms. The quantitative estimate of drug-likeness (QED) is 0.786. The fourth-order valence-electron chi connectivity index (χ4n) is 3.21. The van der Waals surface area contributed by atoms with Crippen LogP contribution in [0.15, 0.2) is 11.6 Å². The number of amides is 2. The molecular formula is C15H24N2O2. The van der Waals surface area contributed by atoms with Gasteiger partial charge in [0.1, 0.15) is 0 Å². The van der Waals surface area contributed by atoms with E-state index in [2.05, 4.69) is 33.8 Å². The summed E-state index contributed by atoms with van der Waals surface area (Å²) < 4.78 is 0. The van der Waals surface area contributed by atoms with Gasteiger partial charge in [-0.15, -0.1) is 0 Å². The van der Waals surface area contributed by atoms with Gasteiger partial charge in [0.2, 0.25) is 11.8 Å². The van der Waals surface area contributed by atoms with Gasteiger partial charge in [-0.1, -0.05) is 25.5 Å². The molecule has 0 bridgehead atoms. The second kappa shape index (κ2) is 4.66. The Balaban J connectivity index is 2.02. The Labute approximate surface area is 115 Å². The molecule has 2 aliphatic rings. The van der Waals surface area contributed by atoms with Crippen molar-refractivity contribution in [2.75, 3.05) is 13.1 Å². The molecule has 2 rings (SSSR count). The van der Waals surface area contributed by atoms with E-state index < -0.39 is 0 Å². The highest BCUT2D eigenvalue weighted by Crippen LogP contribution is 2.60. The van der Waals surface area contributed by atoms with Gasteiger partial charge in [0.05, 0.1) is 11.8 Å². The van der Waals surface area contributed by atoms with Crippen LogP contribution in [0.1, 0.15) is 34.1 Å². The normalized spacial score (nSPS) is 32.0. The number of allylic oxidation sites excluding steroid dienone is 2. The van der Waals surface area contributed by atoms with Crippen molar-refractivity contribution >= 4 is 11.8 Å². The molecule has 1 aliphatic carbocycles. The Morgan fingerprint density at radius 3 is 2.42 bits per heavy atom. The molecule has 0 aromatic carbocycles. The predicted octanol–water partition coefficient (Wildman–Crippen LogP) is 1.56. The highest BCUT2D eigenvalue weighted by atomic mass is 16.2. The maximum absolute atomic E-state index is 12.5. The first kappa shape index (κ1) is 14.1. The number of nitrogens with zero attached hydrogens (tertiary/aromatic N) is 1. The van der Waals surface area contributed by atoms with Crippen LogP contribution < -0.4 is 5.73 Å². The van der Waals surface area contributed by atoms with E-state index in [4.69, 9.17) is 5.73 Å².